The van der Waals surface area contributed by atoms with Crippen LogP contribution >= 0.6 is 22.9 Å². The highest BCUT2D eigenvalue weighted by atomic mass is 35.5. The van der Waals surface area contributed by atoms with E-state index in [2.05, 4.69) is 4.98 Å². The minimum atomic E-state index is -0.552. The summed E-state index contributed by atoms with van der Waals surface area (Å²) in [5.41, 5.74) is -0.741. The molecule has 2 aromatic heterocycles. The number of hydrogen-bond donors (Lipinski definition) is 1. The van der Waals surface area contributed by atoms with E-state index in [0.29, 0.717) is 10.2 Å². The second-order valence-corrected chi connectivity index (χ2v) is 6.35. The van der Waals surface area contributed by atoms with Gasteiger partial charge in [0.05, 0.1) is 11.9 Å². The third-order valence-electron chi connectivity index (χ3n) is 3.14. The molecule has 21 heavy (non-hydrogen) atoms. The Hall–Kier alpha value is -1.92. The lowest BCUT2D eigenvalue weighted by Gasteiger charge is -2.06. The highest BCUT2D eigenvalue weighted by molar-refractivity contribution is 7.18. The Morgan fingerprint density at radius 2 is 2.10 bits per heavy atom. The van der Waals surface area contributed by atoms with Crippen molar-refractivity contribution in [3.63, 3.8) is 0 Å². The third kappa shape index (κ3) is 2.52. The van der Waals surface area contributed by atoms with Gasteiger partial charge in [0.1, 0.15) is 10.6 Å². The fraction of sp³-hybridized carbons (Fsp3) is 0.143. The molecule has 0 spiro atoms. The third-order valence-corrected chi connectivity index (χ3v) is 4.34. The number of aromatic nitrogens is 2. The number of H-pyrrole nitrogens is 1. The van der Waals surface area contributed by atoms with Crippen LogP contribution in [0.5, 0.6) is 0 Å². The molecular weight excluding hydrogens is 315 g/mol. The molecule has 0 atom stereocenters. The van der Waals surface area contributed by atoms with Crippen LogP contribution in [0.2, 0.25) is 5.02 Å². The highest BCUT2D eigenvalue weighted by Crippen LogP contribution is 2.19. The molecule has 0 radical (unpaired) electrons. The van der Waals surface area contributed by atoms with Crippen molar-refractivity contribution >= 4 is 33.2 Å². The fourth-order valence-electron chi connectivity index (χ4n) is 2.13. The molecule has 4 nitrogen and oxygen atoms in total. The Balaban J connectivity index is 2.16. The van der Waals surface area contributed by atoms with Gasteiger partial charge in [-0.05, 0) is 25.1 Å². The average Bonchev–Trinajstić information content (AvgIpc) is 2.77. The van der Waals surface area contributed by atoms with Crippen molar-refractivity contribution < 1.29 is 4.39 Å². The van der Waals surface area contributed by atoms with Gasteiger partial charge in [-0.15, -0.1) is 11.3 Å². The van der Waals surface area contributed by atoms with E-state index in [9.17, 15) is 14.0 Å². The molecule has 1 N–H and O–H groups in total. The Bertz CT molecular complexity index is 958. The van der Waals surface area contributed by atoms with Crippen LogP contribution in [-0.2, 0) is 6.54 Å². The molecule has 0 bridgehead atoms. The van der Waals surface area contributed by atoms with Gasteiger partial charge in [-0.3, -0.25) is 14.3 Å². The zero-order valence-corrected chi connectivity index (χ0v) is 12.5. The number of nitrogens with zero attached hydrogens (tertiary/aromatic N) is 1. The van der Waals surface area contributed by atoms with E-state index in [-0.39, 0.29) is 17.1 Å². The summed E-state index contributed by atoms with van der Waals surface area (Å²) in [6.07, 6.45) is 0. The van der Waals surface area contributed by atoms with Crippen molar-refractivity contribution in [3.05, 3.63) is 66.4 Å². The van der Waals surface area contributed by atoms with Gasteiger partial charge < -0.3 is 0 Å². The summed E-state index contributed by atoms with van der Waals surface area (Å²) in [6, 6.07) is 5.86. The largest absolute Gasteiger partial charge is 0.329 e. The topological polar surface area (TPSA) is 54.9 Å². The predicted octanol–water partition coefficient (Wildman–Crippen LogP) is 2.90. The number of fused-ring (bicyclic) bond motifs is 1. The predicted molar refractivity (Wildman–Crippen MR) is 82.0 cm³/mol. The summed E-state index contributed by atoms with van der Waals surface area (Å²) < 4.78 is 14.8. The van der Waals surface area contributed by atoms with Crippen LogP contribution in [0.25, 0.3) is 10.2 Å². The Morgan fingerprint density at radius 1 is 1.33 bits per heavy atom. The van der Waals surface area contributed by atoms with E-state index in [1.165, 1.54) is 23.5 Å². The first kappa shape index (κ1) is 14.0. The molecule has 108 valence electrons. The summed E-state index contributed by atoms with van der Waals surface area (Å²) in [5, 5.41) is 0.702. The maximum absolute atomic E-state index is 13.8. The van der Waals surface area contributed by atoms with Gasteiger partial charge in [-0.25, -0.2) is 9.18 Å². The number of halogens is 2. The van der Waals surface area contributed by atoms with Crippen molar-refractivity contribution in [2.24, 2.45) is 0 Å². The minimum absolute atomic E-state index is 0.137. The summed E-state index contributed by atoms with van der Waals surface area (Å²) >= 11 is 7.03. The number of aryl methyl sites for hydroxylation is 1. The van der Waals surface area contributed by atoms with Gasteiger partial charge in [0.2, 0.25) is 0 Å². The number of thiophene rings is 1. The second-order valence-electron chi connectivity index (χ2n) is 4.66. The van der Waals surface area contributed by atoms with Crippen LogP contribution in [0, 0.1) is 12.7 Å². The van der Waals surface area contributed by atoms with E-state index in [1.54, 1.807) is 6.07 Å². The number of benzene rings is 1. The summed E-state index contributed by atoms with van der Waals surface area (Å²) in [4.78, 5) is 28.5. The molecule has 0 unspecified atom stereocenters. The maximum Gasteiger partial charge on any atom is 0.329 e. The van der Waals surface area contributed by atoms with Gasteiger partial charge in [0.25, 0.3) is 5.56 Å². The van der Waals surface area contributed by atoms with E-state index in [0.717, 1.165) is 15.5 Å². The van der Waals surface area contributed by atoms with Crippen molar-refractivity contribution in [1.29, 1.82) is 0 Å². The minimum Gasteiger partial charge on any atom is -0.298 e. The Labute approximate surface area is 127 Å². The Morgan fingerprint density at radius 3 is 2.81 bits per heavy atom. The fourth-order valence-corrected chi connectivity index (χ4v) is 3.18. The summed E-state index contributed by atoms with van der Waals surface area (Å²) in [5.74, 6) is -0.546. The molecule has 0 aliphatic carbocycles. The molecule has 2 heterocycles. The first-order chi connectivity index (χ1) is 9.95. The monoisotopic (exact) mass is 324 g/mol. The number of rotatable bonds is 2. The highest BCUT2D eigenvalue weighted by Gasteiger charge is 2.12. The first-order valence-electron chi connectivity index (χ1n) is 6.13. The number of aromatic amines is 1. The lowest BCUT2D eigenvalue weighted by Crippen LogP contribution is -2.35. The molecule has 0 amide bonds. The Kier molecular flexibility index (Phi) is 3.43. The van der Waals surface area contributed by atoms with Crippen molar-refractivity contribution in [1.82, 2.24) is 9.55 Å². The van der Waals surface area contributed by atoms with Crippen molar-refractivity contribution in [2.75, 3.05) is 0 Å². The maximum atomic E-state index is 13.8. The van der Waals surface area contributed by atoms with E-state index in [1.807, 2.05) is 6.92 Å². The lowest BCUT2D eigenvalue weighted by atomic mass is 10.2. The molecule has 7 heteroatoms. The molecule has 1 aromatic carbocycles. The van der Waals surface area contributed by atoms with Crippen LogP contribution in [-0.4, -0.2) is 9.55 Å². The normalized spacial score (nSPS) is 11.2. The van der Waals surface area contributed by atoms with Gasteiger partial charge in [-0.2, -0.15) is 0 Å². The van der Waals surface area contributed by atoms with E-state index >= 15 is 0 Å². The summed E-state index contributed by atoms with van der Waals surface area (Å²) in [6.45, 7) is 1.72. The molecule has 3 rings (SSSR count). The zero-order valence-electron chi connectivity index (χ0n) is 10.9. The van der Waals surface area contributed by atoms with Crippen LogP contribution in [0.3, 0.4) is 0 Å². The molecule has 0 aliphatic rings. The van der Waals surface area contributed by atoms with Crippen molar-refractivity contribution in [3.8, 4) is 0 Å². The molecule has 0 saturated carbocycles. The average molecular weight is 325 g/mol. The molecular formula is C14H10ClFN2O2S. The van der Waals surface area contributed by atoms with Gasteiger partial charge in [0, 0.05) is 15.5 Å². The van der Waals surface area contributed by atoms with E-state index in [4.69, 9.17) is 11.6 Å². The molecule has 0 aliphatic heterocycles. The van der Waals surface area contributed by atoms with Gasteiger partial charge >= 0.3 is 5.69 Å². The number of nitrogens with one attached hydrogen (secondary N) is 1. The SMILES string of the molecule is Cc1cc2c(=O)n(Cc3ccc(Cl)cc3F)c(=O)[nH]c2s1. The number of hydrogen-bond acceptors (Lipinski definition) is 3. The smallest absolute Gasteiger partial charge is 0.298 e. The van der Waals surface area contributed by atoms with E-state index < -0.39 is 17.1 Å². The van der Waals surface area contributed by atoms with Crippen molar-refractivity contribution in [2.45, 2.75) is 13.5 Å². The molecule has 0 fully saturated rings. The van der Waals surface area contributed by atoms with Crippen LogP contribution in [0.1, 0.15) is 10.4 Å². The van der Waals surface area contributed by atoms with Crippen LogP contribution in [0.15, 0.2) is 33.9 Å². The molecule has 0 saturated heterocycles. The molecule has 3 aromatic rings. The van der Waals surface area contributed by atoms with Crippen LogP contribution < -0.4 is 11.2 Å². The standard InChI is InChI=1S/C14H10ClFN2O2S/c1-7-4-10-12(21-7)17-14(20)18(13(10)19)6-8-2-3-9(15)5-11(8)16/h2-5H,6H2,1H3,(H,17,20). The summed E-state index contributed by atoms with van der Waals surface area (Å²) in [7, 11) is 0. The van der Waals surface area contributed by atoms with Gasteiger partial charge in [0.15, 0.2) is 0 Å². The lowest BCUT2D eigenvalue weighted by molar-refractivity contribution is 0.591. The van der Waals surface area contributed by atoms with Gasteiger partial charge in [-0.1, -0.05) is 17.7 Å². The first-order valence-corrected chi connectivity index (χ1v) is 7.32. The quantitative estimate of drug-likeness (QED) is 0.788. The zero-order chi connectivity index (χ0) is 15.1. The second kappa shape index (κ2) is 5.13. The van der Waals surface area contributed by atoms with Crippen LogP contribution in [0.4, 0.5) is 4.39 Å².